The molecule has 1 aromatic rings. The van der Waals surface area contributed by atoms with Gasteiger partial charge in [0.2, 0.25) is 0 Å². The largest absolute Gasteiger partial charge is 0.344 e. The van der Waals surface area contributed by atoms with E-state index in [1.807, 2.05) is 0 Å². The lowest BCUT2D eigenvalue weighted by Crippen LogP contribution is -1.92. The lowest BCUT2D eigenvalue weighted by atomic mass is 9.98. The highest BCUT2D eigenvalue weighted by molar-refractivity contribution is 8.93. The Morgan fingerprint density at radius 2 is 1.23 bits per heavy atom. The summed E-state index contributed by atoms with van der Waals surface area (Å²) in [4.78, 5) is 0. The van der Waals surface area contributed by atoms with Crippen LogP contribution in [-0.4, -0.2) is 0 Å². The molecule has 0 fully saturated rings. The third kappa shape index (κ3) is 10.4. The number of benzene rings is 1. The Balaban J connectivity index is 0. The van der Waals surface area contributed by atoms with E-state index < -0.39 is 0 Å². The van der Waals surface area contributed by atoms with Crippen LogP contribution in [0.25, 0.3) is 0 Å². The van der Waals surface area contributed by atoms with Crippen molar-refractivity contribution in [3.8, 4) is 0 Å². The summed E-state index contributed by atoms with van der Waals surface area (Å²) < 4.78 is 0. The normalized spacial score (nSPS) is 9.95. The zero-order chi connectivity index (χ0) is 14.6. The molecule has 0 radical (unpaired) electrons. The minimum atomic E-state index is 0. The molecule has 0 bridgehead atoms. The summed E-state index contributed by atoms with van der Waals surface area (Å²) in [5.74, 6) is 0. The molecule has 22 heavy (non-hydrogen) atoms. The molecule has 1 rings (SSSR count). The van der Waals surface area contributed by atoms with Crippen molar-refractivity contribution in [2.45, 2.75) is 91.4 Å². The Labute approximate surface area is 149 Å². The van der Waals surface area contributed by atoms with Crippen LogP contribution in [0.5, 0.6) is 0 Å². The fourth-order valence-corrected chi connectivity index (χ4v) is 2.89. The Hall–Kier alpha value is -0.340. The summed E-state index contributed by atoms with van der Waals surface area (Å²) in [7, 11) is 0. The summed E-state index contributed by atoms with van der Waals surface area (Å²) in [5, 5.41) is 0. The van der Waals surface area contributed by atoms with Gasteiger partial charge < -0.3 is 6.15 Å². The quantitative estimate of drug-likeness (QED) is 0.401. The van der Waals surface area contributed by atoms with Crippen molar-refractivity contribution in [2.24, 2.45) is 0 Å². The summed E-state index contributed by atoms with van der Waals surface area (Å²) >= 11 is 0. The van der Waals surface area contributed by atoms with Gasteiger partial charge in [-0.05, 0) is 43.4 Å². The van der Waals surface area contributed by atoms with Crippen molar-refractivity contribution in [1.82, 2.24) is 6.15 Å². The number of halogens is 1. The molecule has 0 unspecified atom stereocenters. The van der Waals surface area contributed by atoms with Gasteiger partial charge in [0, 0.05) is 0 Å². The van der Waals surface area contributed by atoms with E-state index in [9.17, 15) is 0 Å². The molecule has 0 saturated heterocycles. The third-order valence-electron chi connectivity index (χ3n) is 4.52. The molecule has 3 N–H and O–H groups in total. The Morgan fingerprint density at radius 1 is 0.727 bits per heavy atom. The fourth-order valence-electron chi connectivity index (χ4n) is 2.89. The van der Waals surface area contributed by atoms with Crippen LogP contribution < -0.4 is 6.15 Å². The topological polar surface area (TPSA) is 35.0 Å². The second-order valence-electron chi connectivity index (χ2n) is 6.29. The first-order valence-electron chi connectivity index (χ1n) is 8.80. The average molecular weight is 372 g/mol. The van der Waals surface area contributed by atoms with Crippen molar-refractivity contribution in [3.05, 3.63) is 34.9 Å². The predicted molar refractivity (Wildman–Crippen MR) is 107 cm³/mol. The Morgan fingerprint density at radius 3 is 1.77 bits per heavy atom. The molecule has 0 aromatic heterocycles. The Bertz CT molecular complexity index is 363. The molecule has 0 heterocycles. The molecule has 0 aliphatic carbocycles. The van der Waals surface area contributed by atoms with E-state index in [0.717, 1.165) is 0 Å². The van der Waals surface area contributed by atoms with Crippen LogP contribution in [0.4, 0.5) is 0 Å². The van der Waals surface area contributed by atoms with Gasteiger partial charge in [-0.1, -0.05) is 82.9 Å². The van der Waals surface area contributed by atoms with Gasteiger partial charge in [0.25, 0.3) is 0 Å². The van der Waals surface area contributed by atoms with Gasteiger partial charge in [0.15, 0.2) is 0 Å². The van der Waals surface area contributed by atoms with Crippen LogP contribution in [0.2, 0.25) is 0 Å². The molecule has 130 valence electrons. The van der Waals surface area contributed by atoms with E-state index in [2.05, 4.69) is 39.0 Å². The second kappa shape index (κ2) is 15.6. The molecule has 1 aromatic carbocycles. The molecule has 0 aliphatic heterocycles. The molecular weight excluding hydrogens is 334 g/mol. The van der Waals surface area contributed by atoms with Crippen LogP contribution >= 0.6 is 17.0 Å². The van der Waals surface area contributed by atoms with Gasteiger partial charge in [-0.15, -0.1) is 17.0 Å². The van der Waals surface area contributed by atoms with Crippen molar-refractivity contribution in [2.75, 3.05) is 0 Å². The van der Waals surface area contributed by atoms with E-state index in [4.69, 9.17) is 0 Å². The zero-order valence-electron chi connectivity index (χ0n) is 15.1. The molecule has 2 heteroatoms. The lowest BCUT2D eigenvalue weighted by Gasteiger charge is -2.08. The van der Waals surface area contributed by atoms with Crippen LogP contribution in [0.15, 0.2) is 18.2 Å². The third-order valence-corrected chi connectivity index (χ3v) is 4.52. The van der Waals surface area contributed by atoms with Gasteiger partial charge in [0.05, 0.1) is 0 Å². The summed E-state index contributed by atoms with van der Waals surface area (Å²) in [6.07, 6.45) is 15.5. The highest BCUT2D eigenvalue weighted by Crippen LogP contribution is 2.16. The lowest BCUT2D eigenvalue weighted by molar-refractivity contribution is 0.556. The SMILES string of the molecule is Br.CCCCCCCCCCCCc1cccc(C)c1C.N. The first-order chi connectivity index (χ1) is 9.75. The minimum absolute atomic E-state index is 0. The van der Waals surface area contributed by atoms with E-state index in [0.29, 0.717) is 0 Å². The fraction of sp³-hybridized carbons (Fsp3) is 0.700. The van der Waals surface area contributed by atoms with Crippen molar-refractivity contribution in [1.29, 1.82) is 0 Å². The van der Waals surface area contributed by atoms with Gasteiger partial charge >= 0.3 is 0 Å². The first kappa shape index (κ1) is 23.9. The molecule has 0 spiro atoms. The van der Waals surface area contributed by atoms with Crippen molar-refractivity contribution >= 4 is 17.0 Å². The number of rotatable bonds is 11. The number of aryl methyl sites for hydroxylation is 2. The van der Waals surface area contributed by atoms with E-state index in [-0.39, 0.29) is 23.1 Å². The standard InChI is InChI=1S/C20H34.BrH.H3N/c1-4-5-6-7-8-9-10-11-12-13-16-20-17-14-15-18(2)19(20)3;;/h14-15,17H,4-13,16H2,1-3H3;1H;1H3. The predicted octanol–water partition coefficient (Wildman–Crippen LogP) is 7.51. The van der Waals surface area contributed by atoms with E-state index >= 15 is 0 Å². The molecular formula is C20H38BrN. The maximum absolute atomic E-state index is 2.30. The molecule has 1 nitrogen and oxygen atoms in total. The first-order valence-corrected chi connectivity index (χ1v) is 8.80. The molecule has 0 aliphatic rings. The molecule has 0 atom stereocenters. The van der Waals surface area contributed by atoms with Gasteiger partial charge in [-0.3, -0.25) is 0 Å². The minimum Gasteiger partial charge on any atom is -0.344 e. The molecule has 0 amide bonds. The van der Waals surface area contributed by atoms with Crippen LogP contribution in [0, 0.1) is 13.8 Å². The number of unbranched alkanes of at least 4 members (excludes halogenated alkanes) is 9. The highest BCUT2D eigenvalue weighted by atomic mass is 79.9. The van der Waals surface area contributed by atoms with E-state index in [1.54, 1.807) is 5.56 Å². The van der Waals surface area contributed by atoms with Gasteiger partial charge in [-0.2, -0.15) is 0 Å². The maximum atomic E-state index is 2.30. The molecule has 0 saturated carbocycles. The van der Waals surface area contributed by atoms with Crippen LogP contribution in [0.3, 0.4) is 0 Å². The maximum Gasteiger partial charge on any atom is -0.0276 e. The van der Waals surface area contributed by atoms with Crippen molar-refractivity contribution in [3.63, 3.8) is 0 Å². The average Bonchev–Trinajstić information content (AvgIpc) is 2.45. The number of hydrogen-bond donors (Lipinski definition) is 1. The van der Waals surface area contributed by atoms with E-state index in [1.165, 1.54) is 81.8 Å². The summed E-state index contributed by atoms with van der Waals surface area (Å²) in [6, 6.07) is 6.72. The smallest absolute Gasteiger partial charge is 0.0276 e. The number of hydrogen-bond acceptors (Lipinski definition) is 1. The van der Waals surface area contributed by atoms with Gasteiger partial charge in [-0.25, -0.2) is 0 Å². The van der Waals surface area contributed by atoms with Gasteiger partial charge in [0.1, 0.15) is 0 Å². The van der Waals surface area contributed by atoms with Crippen LogP contribution in [0.1, 0.15) is 87.8 Å². The zero-order valence-corrected chi connectivity index (χ0v) is 16.8. The van der Waals surface area contributed by atoms with Crippen molar-refractivity contribution < 1.29 is 0 Å². The monoisotopic (exact) mass is 371 g/mol. The summed E-state index contributed by atoms with van der Waals surface area (Å²) in [6.45, 7) is 6.77. The second-order valence-corrected chi connectivity index (χ2v) is 6.29. The highest BCUT2D eigenvalue weighted by Gasteiger charge is 2.00. The van der Waals surface area contributed by atoms with Crippen LogP contribution in [-0.2, 0) is 6.42 Å². The Kier molecular flexibility index (Phi) is 16.9. The summed E-state index contributed by atoms with van der Waals surface area (Å²) in [5.41, 5.74) is 4.50.